The standard InChI is InChI=1S/C20H23FN2O3S/c1-13-6-7-14-8-16(14)19(24)23(13)15-9-20(10-15)11-22(12-20)27(25,26)18-5-3-2-4-17(18)21/h2-7,13-16H,8-12H2,1H3. The minimum Gasteiger partial charge on any atom is -0.333 e. The molecule has 0 bridgehead atoms. The Labute approximate surface area is 158 Å². The lowest BCUT2D eigenvalue weighted by molar-refractivity contribution is -0.147. The smallest absolute Gasteiger partial charge is 0.246 e. The number of rotatable bonds is 3. The first-order valence-electron chi connectivity index (χ1n) is 9.56. The summed E-state index contributed by atoms with van der Waals surface area (Å²) in [7, 11) is -3.79. The SMILES string of the molecule is CC1C=CC2CC2C(=O)N1C1CC2(C1)CN(S(=O)(=O)c1ccccc1F)C2. The van der Waals surface area contributed by atoms with Gasteiger partial charge in [0.05, 0.1) is 0 Å². The topological polar surface area (TPSA) is 57.7 Å². The number of carbonyl (C=O) groups is 1. The third-order valence-electron chi connectivity index (χ3n) is 6.70. The minimum atomic E-state index is -3.79. The van der Waals surface area contributed by atoms with E-state index in [0.29, 0.717) is 19.0 Å². The lowest BCUT2D eigenvalue weighted by atomic mass is 9.61. The average molecular weight is 390 g/mol. The van der Waals surface area contributed by atoms with Gasteiger partial charge >= 0.3 is 0 Å². The highest BCUT2D eigenvalue weighted by atomic mass is 32.2. The van der Waals surface area contributed by atoms with E-state index in [9.17, 15) is 17.6 Å². The number of fused-ring (bicyclic) bond motifs is 1. The Kier molecular flexibility index (Phi) is 3.63. The number of halogens is 1. The highest BCUT2D eigenvalue weighted by Gasteiger charge is 2.59. The average Bonchev–Trinajstić information content (AvgIpc) is 3.33. The fourth-order valence-corrected chi connectivity index (χ4v) is 6.80. The van der Waals surface area contributed by atoms with Gasteiger partial charge in [0.2, 0.25) is 15.9 Å². The van der Waals surface area contributed by atoms with Crippen LogP contribution in [0.15, 0.2) is 41.3 Å². The van der Waals surface area contributed by atoms with Crippen molar-refractivity contribution in [3.63, 3.8) is 0 Å². The summed E-state index contributed by atoms with van der Waals surface area (Å²) in [5.41, 5.74) is -0.0536. The van der Waals surface area contributed by atoms with Gasteiger partial charge in [-0.05, 0) is 44.2 Å². The molecule has 144 valence electrons. The molecule has 3 atom stereocenters. The van der Waals surface area contributed by atoms with Crippen molar-refractivity contribution in [1.82, 2.24) is 9.21 Å². The van der Waals surface area contributed by atoms with Gasteiger partial charge in [0.15, 0.2) is 0 Å². The number of benzene rings is 1. The van der Waals surface area contributed by atoms with Crippen LogP contribution in [-0.2, 0) is 14.8 Å². The van der Waals surface area contributed by atoms with Crippen molar-refractivity contribution in [2.45, 2.75) is 43.2 Å². The predicted molar refractivity (Wildman–Crippen MR) is 97.7 cm³/mol. The zero-order chi connectivity index (χ0) is 19.0. The van der Waals surface area contributed by atoms with E-state index in [0.717, 1.165) is 19.3 Å². The zero-order valence-electron chi connectivity index (χ0n) is 15.2. The zero-order valence-corrected chi connectivity index (χ0v) is 16.0. The van der Waals surface area contributed by atoms with Crippen molar-refractivity contribution < 1.29 is 17.6 Å². The highest BCUT2D eigenvalue weighted by molar-refractivity contribution is 7.89. The Morgan fingerprint density at radius 3 is 2.56 bits per heavy atom. The van der Waals surface area contributed by atoms with Gasteiger partial charge in [0.1, 0.15) is 10.7 Å². The van der Waals surface area contributed by atoms with E-state index in [-0.39, 0.29) is 34.2 Å². The summed E-state index contributed by atoms with van der Waals surface area (Å²) in [6, 6.07) is 5.80. The van der Waals surface area contributed by atoms with Crippen LogP contribution in [0, 0.1) is 23.1 Å². The molecular weight excluding hydrogens is 367 g/mol. The molecule has 2 saturated carbocycles. The van der Waals surface area contributed by atoms with Crippen LogP contribution in [0.5, 0.6) is 0 Å². The molecule has 0 radical (unpaired) electrons. The third-order valence-corrected chi connectivity index (χ3v) is 8.52. The second-order valence-electron chi connectivity index (χ2n) is 8.64. The molecule has 2 aliphatic carbocycles. The van der Waals surface area contributed by atoms with Crippen molar-refractivity contribution in [2.75, 3.05) is 13.1 Å². The van der Waals surface area contributed by atoms with E-state index < -0.39 is 15.8 Å². The van der Waals surface area contributed by atoms with Gasteiger partial charge in [-0.2, -0.15) is 4.31 Å². The van der Waals surface area contributed by atoms with E-state index in [1.807, 2.05) is 4.90 Å². The highest BCUT2D eigenvalue weighted by Crippen LogP contribution is 2.54. The number of nitrogens with zero attached hydrogens (tertiary/aromatic N) is 2. The number of carbonyl (C=O) groups excluding carboxylic acids is 1. The fourth-order valence-electron chi connectivity index (χ4n) is 5.07. The van der Waals surface area contributed by atoms with Gasteiger partial charge in [-0.25, -0.2) is 12.8 Å². The first kappa shape index (κ1) is 17.4. The van der Waals surface area contributed by atoms with E-state index >= 15 is 0 Å². The van der Waals surface area contributed by atoms with Gasteiger partial charge in [-0.15, -0.1) is 0 Å². The second-order valence-corrected chi connectivity index (χ2v) is 10.5. The van der Waals surface area contributed by atoms with Gasteiger partial charge in [-0.1, -0.05) is 24.3 Å². The number of sulfonamides is 1. The maximum absolute atomic E-state index is 13.9. The normalized spacial score (nSPS) is 32.6. The molecule has 0 aromatic heterocycles. The summed E-state index contributed by atoms with van der Waals surface area (Å²) in [6.45, 7) is 2.89. The Bertz CT molecular complexity index is 930. The van der Waals surface area contributed by atoms with Crippen molar-refractivity contribution in [2.24, 2.45) is 17.3 Å². The van der Waals surface area contributed by atoms with Crippen LogP contribution in [0.1, 0.15) is 26.2 Å². The third kappa shape index (κ3) is 2.58. The Balaban J connectivity index is 1.25. The monoisotopic (exact) mass is 390 g/mol. The summed E-state index contributed by atoms with van der Waals surface area (Å²) < 4.78 is 40.6. The molecule has 2 aliphatic heterocycles. The Morgan fingerprint density at radius 2 is 1.85 bits per heavy atom. The molecule has 1 amide bonds. The molecule has 3 fully saturated rings. The number of hydrogen-bond acceptors (Lipinski definition) is 3. The summed E-state index contributed by atoms with van der Waals surface area (Å²) in [5, 5.41) is 0. The van der Waals surface area contributed by atoms with Crippen LogP contribution in [0.2, 0.25) is 0 Å². The largest absolute Gasteiger partial charge is 0.333 e. The fraction of sp³-hybridized carbons (Fsp3) is 0.550. The van der Waals surface area contributed by atoms with Gasteiger partial charge in [0, 0.05) is 36.5 Å². The van der Waals surface area contributed by atoms with Crippen molar-refractivity contribution >= 4 is 15.9 Å². The van der Waals surface area contributed by atoms with Crippen LogP contribution in [0.4, 0.5) is 4.39 Å². The number of amides is 1. The molecule has 1 aromatic rings. The molecule has 1 aromatic carbocycles. The van der Waals surface area contributed by atoms with E-state index in [4.69, 9.17) is 0 Å². The molecule has 1 saturated heterocycles. The van der Waals surface area contributed by atoms with Crippen LogP contribution in [-0.4, -0.2) is 48.7 Å². The van der Waals surface area contributed by atoms with Crippen molar-refractivity contribution in [1.29, 1.82) is 0 Å². The van der Waals surface area contributed by atoms with Gasteiger partial charge in [-0.3, -0.25) is 4.79 Å². The lowest BCUT2D eigenvalue weighted by Crippen LogP contribution is -2.68. The van der Waals surface area contributed by atoms with Crippen LogP contribution in [0.3, 0.4) is 0 Å². The Morgan fingerprint density at radius 1 is 1.15 bits per heavy atom. The van der Waals surface area contributed by atoms with Crippen molar-refractivity contribution in [3.05, 3.63) is 42.2 Å². The van der Waals surface area contributed by atoms with Gasteiger partial charge < -0.3 is 4.90 Å². The molecule has 5 nitrogen and oxygen atoms in total. The lowest BCUT2D eigenvalue weighted by Gasteiger charge is -2.60. The van der Waals surface area contributed by atoms with Crippen LogP contribution < -0.4 is 0 Å². The Hall–Kier alpha value is -1.73. The molecule has 27 heavy (non-hydrogen) atoms. The number of allylic oxidation sites excluding steroid dienone is 1. The quantitative estimate of drug-likeness (QED) is 0.745. The molecule has 1 spiro atoms. The minimum absolute atomic E-state index is 0.0536. The van der Waals surface area contributed by atoms with Gasteiger partial charge in [0.25, 0.3) is 0 Å². The summed E-state index contributed by atoms with van der Waals surface area (Å²) >= 11 is 0. The predicted octanol–water partition coefficient (Wildman–Crippen LogP) is 2.40. The molecule has 5 rings (SSSR count). The summed E-state index contributed by atoms with van der Waals surface area (Å²) in [4.78, 5) is 14.5. The molecule has 7 heteroatoms. The second kappa shape index (κ2) is 5.64. The maximum atomic E-state index is 13.9. The summed E-state index contributed by atoms with van der Waals surface area (Å²) in [5.74, 6) is 0.123. The first-order valence-corrected chi connectivity index (χ1v) is 11.0. The molecular formula is C20H23FN2O3S. The van der Waals surface area contributed by atoms with E-state index in [1.54, 1.807) is 0 Å². The number of hydrogen-bond donors (Lipinski definition) is 0. The van der Waals surface area contributed by atoms with Crippen molar-refractivity contribution in [3.8, 4) is 0 Å². The summed E-state index contributed by atoms with van der Waals surface area (Å²) in [6.07, 6.45) is 6.93. The molecule has 0 N–H and O–H groups in total. The first-order chi connectivity index (χ1) is 12.8. The molecule has 2 heterocycles. The molecule has 4 aliphatic rings. The van der Waals surface area contributed by atoms with E-state index in [1.165, 1.54) is 28.6 Å². The molecule has 3 unspecified atom stereocenters. The maximum Gasteiger partial charge on any atom is 0.246 e. The van der Waals surface area contributed by atoms with Crippen LogP contribution in [0.25, 0.3) is 0 Å². The van der Waals surface area contributed by atoms with E-state index in [2.05, 4.69) is 19.1 Å². The van der Waals surface area contributed by atoms with Crippen LogP contribution >= 0.6 is 0 Å².